The Hall–Kier alpha value is -0.570. The van der Waals surface area contributed by atoms with E-state index >= 15 is 0 Å². The van der Waals surface area contributed by atoms with E-state index in [1.54, 1.807) is 0 Å². The molecule has 0 radical (unpaired) electrons. The van der Waals surface area contributed by atoms with Crippen LogP contribution in [0.5, 0.6) is 0 Å². The van der Waals surface area contributed by atoms with E-state index in [2.05, 4.69) is 24.0 Å². The fraction of sp³-hybridized carbons (Fsp3) is 0.909. The molecule has 3 nitrogen and oxygen atoms in total. The summed E-state index contributed by atoms with van der Waals surface area (Å²) >= 11 is 0. The average molecular weight is 197 g/mol. The molecule has 0 unspecified atom stereocenters. The number of amidine groups is 1. The van der Waals surface area contributed by atoms with E-state index in [-0.39, 0.29) is 0 Å². The molecule has 0 saturated heterocycles. The van der Waals surface area contributed by atoms with Gasteiger partial charge in [0.25, 0.3) is 0 Å². The summed E-state index contributed by atoms with van der Waals surface area (Å²) in [6.45, 7) is 1.84. The first-order valence-corrected chi connectivity index (χ1v) is 5.64. The molecule has 1 rings (SSSR count). The maximum absolute atomic E-state index is 5.97. The van der Waals surface area contributed by atoms with Gasteiger partial charge in [0.2, 0.25) is 0 Å². The van der Waals surface area contributed by atoms with Crippen LogP contribution in [0.4, 0.5) is 0 Å². The SMILES string of the molecule is CN(C)CCN=C(N)C1CCCCC1. The molecule has 0 aromatic heterocycles. The van der Waals surface area contributed by atoms with Crippen LogP contribution < -0.4 is 5.73 Å². The van der Waals surface area contributed by atoms with Crippen molar-refractivity contribution < 1.29 is 0 Å². The first-order chi connectivity index (χ1) is 6.70. The molecule has 0 aromatic rings. The van der Waals surface area contributed by atoms with Crippen LogP contribution in [-0.2, 0) is 0 Å². The quantitative estimate of drug-likeness (QED) is 0.548. The van der Waals surface area contributed by atoms with Crippen molar-refractivity contribution in [2.75, 3.05) is 27.2 Å². The highest BCUT2D eigenvalue weighted by Crippen LogP contribution is 2.23. The molecule has 1 aliphatic rings. The van der Waals surface area contributed by atoms with Crippen LogP contribution in [0.15, 0.2) is 4.99 Å². The molecule has 2 N–H and O–H groups in total. The summed E-state index contributed by atoms with van der Waals surface area (Å²) in [4.78, 5) is 6.58. The van der Waals surface area contributed by atoms with E-state index in [4.69, 9.17) is 5.73 Å². The van der Waals surface area contributed by atoms with Gasteiger partial charge in [-0.3, -0.25) is 4.99 Å². The van der Waals surface area contributed by atoms with Crippen LogP contribution in [0.3, 0.4) is 0 Å². The molecule has 1 saturated carbocycles. The van der Waals surface area contributed by atoms with E-state index in [0.29, 0.717) is 5.92 Å². The molecule has 0 atom stereocenters. The second-order valence-corrected chi connectivity index (χ2v) is 4.44. The van der Waals surface area contributed by atoms with Crippen LogP contribution in [0.2, 0.25) is 0 Å². The first-order valence-electron chi connectivity index (χ1n) is 5.64. The molecule has 0 aliphatic heterocycles. The fourth-order valence-electron chi connectivity index (χ4n) is 1.91. The molecule has 0 heterocycles. The fourth-order valence-corrected chi connectivity index (χ4v) is 1.91. The summed E-state index contributed by atoms with van der Waals surface area (Å²) in [7, 11) is 4.12. The molecule has 0 amide bonds. The normalized spacial score (nSPS) is 20.4. The third-order valence-corrected chi connectivity index (χ3v) is 2.87. The summed E-state index contributed by atoms with van der Waals surface area (Å²) in [5, 5.41) is 0. The van der Waals surface area contributed by atoms with Crippen molar-refractivity contribution in [3.8, 4) is 0 Å². The molecular formula is C11H23N3. The zero-order valence-corrected chi connectivity index (χ0v) is 9.50. The van der Waals surface area contributed by atoms with Gasteiger partial charge in [0.1, 0.15) is 0 Å². The number of nitrogens with zero attached hydrogens (tertiary/aromatic N) is 2. The molecule has 1 aliphatic carbocycles. The minimum absolute atomic E-state index is 0.575. The minimum atomic E-state index is 0.575. The van der Waals surface area contributed by atoms with Gasteiger partial charge in [0.05, 0.1) is 12.4 Å². The Morgan fingerprint density at radius 3 is 2.50 bits per heavy atom. The van der Waals surface area contributed by atoms with E-state index in [9.17, 15) is 0 Å². The van der Waals surface area contributed by atoms with Crippen LogP contribution in [-0.4, -0.2) is 37.9 Å². The van der Waals surface area contributed by atoms with Gasteiger partial charge in [-0.15, -0.1) is 0 Å². The number of nitrogens with two attached hydrogens (primary N) is 1. The Bertz CT molecular complexity index is 181. The maximum Gasteiger partial charge on any atom is 0.0968 e. The number of aliphatic imine (C=N–C) groups is 1. The van der Waals surface area contributed by atoms with Gasteiger partial charge >= 0.3 is 0 Å². The molecule has 3 heteroatoms. The van der Waals surface area contributed by atoms with E-state index < -0.39 is 0 Å². The van der Waals surface area contributed by atoms with Crippen molar-refractivity contribution in [3.05, 3.63) is 0 Å². The summed E-state index contributed by atoms with van der Waals surface area (Å²) in [6.07, 6.45) is 6.53. The third-order valence-electron chi connectivity index (χ3n) is 2.87. The number of likely N-dealkylation sites (N-methyl/N-ethyl adjacent to an activating group) is 1. The van der Waals surface area contributed by atoms with Crippen molar-refractivity contribution in [2.45, 2.75) is 32.1 Å². The van der Waals surface area contributed by atoms with Crippen LogP contribution in [0.1, 0.15) is 32.1 Å². The molecule has 14 heavy (non-hydrogen) atoms. The Balaban J connectivity index is 2.27. The van der Waals surface area contributed by atoms with Crippen molar-refractivity contribution in [3.63, 3.8) is 0 Å². The second-order valence-electron chi connectivity index (χ2n) is 4.44. The lowest BCUT2D eigenvalue weighted by Crippen LogP contribution is -2.27. The standard InChI is InChI=1S/C11H23N3/c1-14(2)9-8-13-11(12)10-6-4-3-5-7-10/h10H,3-9H2,1-2H3,(H2,12,13). The van der Waals surface area contributed by atoms with Crippen molar-refractivity contribution in [2.24, 2.45) is 16.6 Å². The lowest BCUT2D eigenvalue weighted by atomic mass is 9.88. The van der Waals surface area contributed by atoms with Crippen LogP contribution in [0, 0.1) is 5.92 Å². The smallest absolute Gasteiger partial charge is 0.0968 e. The summed E-state index contributed by atoms with van der Waals surface area (Å²) < 4.78 is 0. The van der Waals surface area contributed by atoms with Gasteiger partial charge in [0.15, 0.2) is 0 Å². The molecular weight excluding hydrogens is 174 g/mol. The molecule has 0 aromatic carbocycles. The second kappa shape index (κ2) is 6.02. The molecule has 82 valence electrons. The summed E-state index contributed by atoms with van der Waals surface area (Å²) in [5.41, 5.74) is 5.97. The zero-order valence-electron chi connectivity index (χ0n) is 9.50. The van der Waals surface area contributed by atoms with Crippen molar-refractivity contribution >= 4 is 5.84 Å². The van der Waals surface area contributed by atoms with Crippen LogP contribution >= 0.6 is 0 Å². The van der Waals surface area contributed by atoms with Gasteiger partial charge in [-0.05, 0) is 26.9 Å². The monoisotopic (exact) mass is 197 g/mol. The Morgan fingerprint density at radius 1 is 1.29 bits per heavy atom. The molecule has 1 fully saturated rings. The Morgan fingerprint density at radius 2 is 1.93 bits per heavy atom. The lowest BCUT2D eigenvalue weighted by Gasteiger charge is -2.21. The largest absolute Gasteiger partial charge is 0.387 e. The third kappa shape index (κ3) is 4.09. The predicted octanol–water partition coefficient (Wildman–Crippen LogP) is 1.49. The number of hydrogen-bond donors (Lipinski definition) is 1. The number of rotatable bonds is 4. The van der Waals surface area contributed by atoms with Gasteiger partial charge in [-0.2, -0.15) is 0 Å². The highest BCUT2D eigenvalue weighted by atomic mass is 15.1. The van der Waals surface area contributed by atoms with Gasteiger partial charge in [-0.1, -0.05) is 19.3 Å². The Labute approximate surface area is 87.4 Å². The zero-order chi connectivity index (χ0) is 10.4. The first kappa shape index (κ1) is 11.5. The molecule has 0 spiro atoms. The highest BCUT2D eigenvalue weighted by molar-refractivity contribution is 5.82. The maximum atomic E-state index is 5.97. The topological polar surface area (TPSA) is 41.6 Å². The summed E-state index contributed by atoms with van der Waals surface area (Å²) in [6, 6.07) is 0. The highest BCUT2D eigenvalue weighted by Gasteiger charge is 2.16. The van der Waals surface area contributed by atoms with E-state index in [0.717, 1.165) is 18.9 Å². The van der Waals surface area contributed by atoms with E-state index in [1.807, 2.05) is 0 Å². The Kier molecular flexibility index (Phi) is 4.94. The van der Waals surface area contributed by atoms with Crippen molar-refractivity contribution in [1.29, 1.82) is 0 Å². The summed E-state index contributed by atoms with van der Waals surface area (Å²) in [5.74, 6) is 1.47. The van der Waals surface area contributed by atoms with E-state index in [1.165, 1.54) is 32.1 Å². The molecule has 0 bridgehead atoms. The van der Waals surface area contributed by atoms with Gasteiger partial charge < -0.3 is 10.6 Å². The van der Waals surface area contributed by atoms with Gasteiger partial charge in [0, 0.05) is 12.5 Å². The van der Waals surface area contributed by atoms with Crippen LogP contribution in [0.25, 0.3) is 0 Å². The minimum Gasteiger partial charge on any atom is -0.387 e. The van der Waals surface area contributed by atoms with Gasteiger partial charge in [-0.25, -0.2) is 0 Å². The predicted molar refractivity (Wildman–Crippen MR) is 61.6 cm³/mol. The van der Waals surface area contributed by atoms with Crippen molar-refractivity contribution in [1.82, 2.24) is 4.90 Å². The number of hydrogen-bond acceptors (Lipinski definition) is 2. The average Bonchev–Trinajstić information content (AvgIpc) is 2.18. The lowest BCUT2D eigenvalue weighted by molar-refractivity contribution is 0.415.